The number of carbonyl (C=O) groups is 3. The monoisotopic (exact) mass is 449 g/mol. The van der Waals surface area contributed by atoms with Gasteiger partial charge in [-0.3, -0.25) is 14.4 Å². The lowest BCUT2D eigenvalue weighted by Crippen LogP contribution is -2.39. The van der Waals surface area contributed by atoms with Crippen molar-refractivity contribution in [1.82, 2.24) is 4.90 Å². The normalized spacial score (nSPS) is 16.1. The van der Waals surface area contributed by atoms with Crippen LogP contribution in [0.4, 0.5) is 24.5 Å². The van der Waals surface area contributed by atoms with Gasteiger partial charge >= 0.3 is 6.18 Å². The number of carbonyl (C=O) groups excluding carboxylic acids is 3. The van der Waals surface area contributed by atoms with Gasteiger partial charge in [0.15, 0.2) is 0 Å². The van der Waals surface area contributed by atoms with Crippen molar-refractivity contribution in [3.8, 4) is 5.75 Å². The second kappa shape index (κ2) is 9.29. The predicted molar refractivity (Wildman–Crippen MR) is 111 cm³/mol. The maximum Gasteiger partial charge on any atom is 0.416 e. The van der Waals surface area contributed by atoms with Crippen molar-refractivity contribution in [2.24, 2.45) is 5.92 Å². The van der Waals surface area contributed by atoms with E-state index in [9.17, 15) is 27.6 Å². The zero-order valence-electron chi connectivity index (χ0n) is 17.5. The number of rotatable bonds is 6. The Kier molecular flexibility index (Phi) is 6.71. The fourth-order valence-corrected chi connectivity index (χ4v) is 3.48. The highest BCUT2D eigenvalue weighted by Gasteiger charge is 2.38. The molecule has 10 heteroatoms. The predicted octanol–water partition coefficient (Wildman–Crippen LogP) is 3.16. The highest BCUT2D eigenvalue weighted by atomic mass is 19.4. The number of amides is 3. The van der Waals surface area contributed by atoms with E-state index in [0.717, 1.165) is 12.1 Å². The Morgan fingerprint density at radius 1 is 1.19 bits per heavy atom. The molecule has 1 fully saturated rings. The topological polar surface area (TPSA) is 79.0 Å². The van der Waals surface area contributed by atoms with E-state index in [2.05, 4.69) is 5.32 Å². The fraction of sp³-hybridized carbons (Fsp3) is 0.318. The summed E-state index contributed by atoms with van der Waals surface area (Å²) in [5.74, 6) is -1.52. The Labute approximate surface area is 182 Å². The summed E-state index contributed by atoms with van der Waals surface area (Å²) in [4.78, 5) is 39.8. The highest BCUT2D eigenvalue weighted by molar-refractivity contribution is 6.01. The first-order valence-electron chi connectivity index (χ1n) is 9.75. The van der Waals surface area contributed by atoms with E-state index in [-0.39, 0.29) is 25.2 Å². The van der Waals surface area contributed by atoms with Crippen LogP contribution in [-0.4, -0.2) is 49.9 Å². The number of alkyl halides is 3. The van der Waals surface area contributed by atoms with Gasteiger partial charge in [-0.2, -0.15) is 13.2 Å². The molecule has 2 aromatic rings. The van der Waals surface area contributed by atoms with E-state index in [1.165, 1.54) is 36.1 Å². The Bertz CT molecular complexity index is 1030. The number of ether oxygens (including phenoxy) is 1. The van der Waals surface area contributed by atoms with Gasteiger partial charge in [-0.25, -0.2) is 0 Å². The van der Waals surface area contributed by atoms with Gasteiger partial charge in [0.1, 0.15) is 5.75 Å². The maximum atomic E-state index is 13.0. The second-order valence-electron chi connectivity index (χ2n) is 7.43. The summed E-state index contributed by atoms with van der Waals surface area (Å²) in [6, 6.07) is 11.1. The molecule has 1 heterocycles. The van der Waals surface area contributed by atoms with E-state index in [1.807, 2.05) is 0 Å². The lowest BCUT2D eigenvalue weighted by Gasteiger charge is -2.21. The molecular weight excluding hydrogens is 427 g/mol. The van der Waals surface area contributed by atoms with Crippen molar-refractivity contribution in [2.75, 3.05) is 37.5 Å². The van der Waals surface area contributed by atoms with Gasteiger partial charge in [0.25, 0.3) is 0 Å². The third-order valence-electron chi connectivity index (χ3n) is 5.07. The average molecular weight is 449 g/mol. The van der Waals surface area contributed by atoms with Crippen molar-refractivity contribution in [3.63, 3.8) is 0 Å². The van der Waals surface area contributed by atoms with Crippen LogP contribution in [0.15, 0.2) is 48.5 Å². The Balaban J connectivity index is 1.61. The molecular formula is C22H22F3N3O4. The molecule has 0 saturated carbocycles. The number of nitrogens with zero attached hydrogens (tertiary/aromatic N) is 2. The number of nitrogens with one attached hydrogen (secondary N) is 1. The second-order valence-corrected chi connectivity index (χ2v) is 7.43. The first-order chi connectivity index (χ1) is 15.1. The number of anilines is 2. The van der Waals surface area contributed by atoms with Crippen LogP contribution in [-0.2, 0) is 20.6 Å². The molecule has 0 aliphatic carbocycles. The van der Waals surface area contributed by atoms with E-state index >= 15 is 0 Å². The molecule has 7 nitrogen and oxygen atoms in total. The number of methoxy groups -OCH3 is 1. The first-order valence-corrected chi connectivity index (χ1v) is 9.75. The van der Waals surface area contributed by atoms with Crippen LogP contribution in [0.3, 0.4) is 0 Å². The number of likely N-dealkylation sites (N-methyl/N-ethyl adjacent to an activating group) is 1. The molecule has 0 spiro atoms. The summed E-state index contributed by atoms with van der Waals surface area (Å²) in [6.45, 7) is -0.300. The standard InChI is InChI=1S/C22H22F3N3O4/c1-27(13-19(29)26-16-6-4-8-18(11-16)32-2)21(31)14-9-20(30)28(12-14)17-7-3-5-15(10-17)22(23,24)25/h3-8,10-11,14H,9,12-13H2,1-2H3,(H,26,29). The Morgan fingerprint density at radius 3 is 2.59 bits per heavy atom. The molecule has 1 N–H and O–H groups in total. The quantitative estimate of drug-likeness (QED) is 0.735. The summed E-state index contributed by atoms with van der Waals surface area (Å²) in [6.07, 6.45) is -4.68. The SMILES string of the molecule is COc1cccc(NC(=O)CN(C)C(=O)C2CC(=O)N(c3cccc(C(F)(F)F)c3)C2)c1. The van der Waals surface area contributed by atoms with Crippen molar-refractivity contribution >= 4 is 29.1 Å². The van der Waals surface area contributed by atoms with Crippen molar-refractivity contribution < 1.29 is 32.3 Å². The smallest absolute Gasteiger partial charge is 0.416 e. The van der Waals surface area contributed by atoms with Crippen LogP contribution in [0, 0.1) is 5.92 Å². The molecule has 170 valence electrons. The Hall–Kier alpha value is -3.56. The lowest BCUT2D eigenvalue weighted by molar-refractivity contribution is -0.137. The number of hydrogen-bond acceptors (Lipinski definition) is 4. The van der Waals surface area contributed by atoms with Crippen molar-refractivity contribution in [1.29, 1.82) is 0 Å². The Morgan fingerprint density at radius 2 is 1.91 bits per heavy atom. The number of benzene rings is 2. The van der Waals surface area contributed by atoms with Gasteiger partial charge in [-0.15, -0.1) is 0 Å². The minimum atomic E-state index is -4.54. The van der Waals surface area contributed by atoms with Gasteiger partial charge in [0.05, 0.1) is 25.1 Å². The van der Waals surface area contributed by atoms with Gasteiger partial charge in [0.2, 0.25) is 17.7 Å². The van der Waals surface area contributed by atoms with Crippen LogP contribution in [0.5, 0.6) is 5.75 Å². The molecule has 1 aliphatic heterocycles. The zero-order chi connectivity index (χ0) is 23.5. The number of halogens is 3. The van der Waals surface area contributed by atoms with Gasteiger partial charge < -0.3 is 19.9 Å². The summed E-state index contributed by atoms with van der Waals surface area (Å²) < 4.78 is 44.0. The molecule has 1 atom stereocenters. The summed E-state index contributed by atoms with van der Waals surface area (Å²) in [7, 11) is 2.93. The van der Waals surface area contributed by atoms with E-state index in [1.54, 1.807) is 24.3 Å². The largest absolute Gasteiger partial charge is 0.497 e. The molecule has 3 rings (SSSR count). The molecule has 0 aromatic heterocycles. The zero-order valence-corrected chi connectivity index (χ0v) is 17.5. The van der Waals surface area contributed by atoms with Crippen LogP contribution in [0.25, 0.3) is 0 Å². The van der Waals surface area contributed by atoms with Gasteiger partial charge in [-0.05, 0) is 30.3 Å². The molecule has 1 aliphatic rings. The fourth-order valence-electron chi connectivity index (χ4n) is 3.48. The van der Waals surface area contributed by atoms with Crippen molar-refractivity contribution in [3.05, 3.63) is 54.1 Å². The summed E-state index contributed by atoms with van der Waals surface area (Å²) in [5, 5.41) is 2.66. The minimum Gasteiger partial charge on any atom is -0.497 e. The van der Waals surface area contributed by atoms with Crippen LogP contribution in [0.2, 0.25) is 0 Å². The molecule has 3 amide bonds. The van der Waals surface area contributed by atoms with Crippen molar-refractivity contribution in [2.45, 2.75) is 12.6 Å². The molecule has 0 bridgehead atoms. The molecule has 1 unspecified atom stereocenters. The summed E-state index contributed by atoms with van der Waals surface area (Å²) >= 11 is 0. The van der Waals surface area contributed by atoms with Crippen LogP contribution < -0.4 is 15.0 Å². The third kappa shape index (κ3) is 5.37. The van der Waals surface area contributed by atoms with E-state index in [0.29, 0.717) is 11.4 Å². The van der Waals surface area contributed by atoms with Gasteiger partial charge in [0, 0.05) is 37.5 Å². The lowest BCUT2D eigenvalue weighted by atomic mass is 10.1. The van der Waals surface area contributed by atoms with Gasteiger partial charge in [-0.1, -0.05) is 12.1 Å². The molecule has 32 heavy (non-hydrogen) atoms. The maximum absolute atomic E-state index is 13.0. The van der Waals surface area contributed by atoms with Crippen LogP contribution in [0.1, 0.15) is 12.0 Å². The minimum absolute atomic E-state index is 0.0547. The van der Waals surface area contributed by atoms with E-state index in [4.69, 9.17) is 4.74 Å². The number of hydrogen-bond donors (Lipinski definition) is 1. The molecule has 1 saturated heterocycles. The highest BCUT2D eigenvalue weighted by Crippen LogP contribution is 2.33. The van der Waals surface area contributed by atoms with Crippen LogP contribution >= 0.6 is 0 Å². The average Bonchev–Trinajstić information content (AvgIpc) is 3.14. The first kappa shape index (κ1) is 23.1. The third-order valence-corrected chi connectivity index (χ3v) is 5.07. The molecule has 2 aromatic carbocycles. The molecule has 0 radical (unpaired) electrons. The summed E-state index contributed by atoms with van der Waals surface area (Å²) in [5.41, 5.74) is -0.288. The van der Waals surface area contributed by atoms with E-state index < -0.39 is 35.4 Å².